The number of nitrogens with zero attached hydrogens (tertiary/aromatic N) is 1. The predicted molar refractivity (Wildman–Crippen MR) is 92.9 cm³/mol. The predicted octanol–water partition coefficient (Wildman–Crippen LogP) is 2.29. The molecule has 0 bridgehead atoms. The normalized spacial score (nSPS) is 16.3. The van der Waals surface area contributed by atoms with Crippen LogP contribution in [0, 0.1) is 3.57 Å². The average molecular weight is 424 g/mol. The molecule has 0 aromatic heterocycles. The third-order valence-electron chi connectivity index (χ3n) is 3.16. The summed E-state index contributed by atoms with van der Waals surface area (Å²) in [5, 5.41) is 13.4. The summed E-state index contributed by atoms with van der Waals surface area (Å²) in [5.74, 6) is 0.983. The Morgan fingerprint density at radius 2 is 2.09 bits per heavy atom. The fourth-order valence-electron chi connectivity index (χ4n) is 1.99. The largest absolute Gasteiger partial charge is 0.507 e. The number of carbonyl (C=O) groups is 1. The number of para-hydroxylation sites is 2. The van der Waals surface area contributed by atoms with Crippen molar-refractivity contribution < 1.29 is 19.4 Å². The van der Waals surface area contributed by atoms with Crippen molar-refractivity contribution in [3.63, 3.8) is 0 Å². The van der Waals surface area contributed by atoms with E-state index in [2.05, 4.69) is 10.5 Å². The van der Waals surface area contributed by atoms with Gasteiger partial charge in [-0.1, -0.05) is 12.1 Å². The number of phenolic OH excluding ortho intramolecular Hbond substituents is 1. The van der Waals surface area contributed by atoms with E-state index in [0.717, 1.165) is 5.56 Å². The molecule has 1 heterocycles. The topological polar surface area (TPSA) is 80.2 Å². The van der Waals surface area contributed by atoms with Crippen molar-refractivity contribution in [2.24, 2.45) is 5.10 Å². The van der Waals surface area contributed by atoms with Gasteiger partial charge in [0.15, 0.2) is 11.5 Å². The molecular weight excluding hydrogens is 411 g/mol. The minimum Gasteiger partial charge on any atom is -0.507 e. The van der Waals surface area contributed by atoms with Gasteiger partial charge in [-0.15, -0.1) is 0 Å². The number of halogens is 1. The second-order valence-electron chi connectivity index (χ2n) is 4.81. The summed E-state index contributed by atoms with van der Waals surface area (Å²) in [5.41, 5.74) is 3.19. The van der Waals surface area contributed by atoms with Crippen LogP contribution in [0.2, 0.25) is 0 Å². The molecule has 0 saturated heterocycles. The summed E-state index contributed by atoms with van der Waals surface area (Å²) in [7, 11) is 0. The van der Waals surface area contributed by atoms with E-state index in [4.69, 9.17) is 9.47 Å². The smallest absolute Gasteiger partial charge is 0.284 e. The first-order valence-electron chi connectivity index (χ1n) is 6.83. The van der Waals surface area contributed by atoms with Gasteiger partial charge in [0.2, 0.25) is 6.10 Å². The van der Waals surface area contributed by atoms with Crippen molar-refractivity contribution in [1.82, 2.24) is 5.43 Å². The maximum atomic E-state index is 12.0. The summed E-state index contributed by atoms with van der Waals surface area (Å²) >= 11 is 2.02. The molecule has 7 heteroatoms. The zero-order chi connectivity index (χ0) is 16.2. The van der Waals surface area contributed by atoms with Gasteiger partial charge in [-0.2, -0.15) is 5.10 Å². The zero-order valence-electron chi connectivity index (χ0n) is 11.9. The van der Waals surface area contributed by atoms with Gasteiger partial charge in [0.05, 0.1) is 9.78 Å². The molecule has 1 aliphatic rings. The van der Waals surface area contributed by atoms with Crippen LogP contribution in [0.1, 0.15) is 5.56 Å². The van der Waals surface area contributed by atoms with Gasteiger partial charge in [0.25, 0.3) is 5.91 Å². The molecule has 1 atom stereocenters. The van der Waals surface area contributed by atoms with Crippen LogP contribution in [0.15, 0.2) is 47.6 Å². The Morgan fingerprint density at radius 1 is 1.30 bits per heavy atom. The number of amides is 1. The van der Waals surface area contributed by atoms with E-state index in [1.165, 1.54) is 6.21 Å². The fraction of sp³-hybridized carbons (Fsp3) is 0.125. The van der Waals surface area contributed by atoms with Crippen LogP contribution in [0.4, 0.5) is 0 Å². The van der Waals surface area contributed by atoms with Crippen LogP contribution in [0.5, 0.6) is 17.2 Å². The summed E-state index contributed by atoms with van der Waals surface area (Å²) in [6, 6.07) is 12.2. The SMILES string of the molecule is O=C(N/N=C\c1ccc(O)c(I)c1)[C@@H]1COc2ccccc2O1. The Kier molecular flexibility index (Phi) is 4.65. The monoisotopic (exact) mass is 424 g/mol. The molecule has 0 fully saturated rings. The number of ether oxygens (including phenoxy) is 2. The third-order valence-corrected chi connectivity index (χ3v) is 4.03. The molecule has 0 aliphatic carbocycles. The number of phenols is 1. The first-order valence-corrected chi connectivity index (χ1v) is 7.91. The Hall–Kier alpha value is -2.29. The lowest BCUT2D eigenvalue weighted by molar-refractivity contribution is -0.130. The lowest BCUT2D eigenvalue weighted by atomic mass is 10.2. The van der Waals surface area contributed by atoms with Crippen molar-refractivity contribution in [1.29, 1.82) is 0 Å². The maximum absolute atomic E-state index is 12.0. The molecule has 0 spiro atoms. The van der Waals surface area contributed by atoms with Crippen LogP contribution in [0.3, 0.4) is 0 Å². The first-order chi connectivity index (χ1) is 11.1. The van der Waals surface area contributed by atoms with Gasteiger partial charge in [-0.25, -0.2) is 5.43 Å². The van der Waals surface area contributed by atoms with Gasteiger partial charge in [0.1, 0.15) is 12.4 Å². The van der Waals surface area contributed by atoms with Crippen LogP contribution in [-0.4, -0.2) is 29.9 Å². The summed E-state index contributed by atoms with van der Waals surface area (Å²) in [4.78, 5) is 12.0. The Balaban J connectivity index is 1.59. The number of nitrogens with one attached hydrogen (secondary N) is 1. The molecular formula is C16H13IN2O4. The molecule has 2 N–H and O–H groups in total. The number of aromatic hydroxyl groups is 1. The van der Waals surface area contributed by atoms with Crippen LogP contribution in [-0.2, 0) is 4.79 Å². The molecule has 3 rings (SSSR count). The maximum Gasteiger partial charge on any atom is 0.284 e. The number of carbonyl (C=O) groups excluding carboxylic acids is 1. The number of benzene rings is 2. The molecule has 6 nitrogen and oxygen atoms in total. The number of hydrazone groups is 1. The van der Waals surface area contributed by atoms with E-state index >= 15 is 0 Å². The highest BCUT2D eigenvalue weighted by Gasteiger charge is 2.26. The Labute approximate surface area is 146 Å². The van der Waals surface area contributed by atoms with E-state index in [-0.39, 0.29) is 18.3 Å². The van der Waals surface area contributed by atoms with Gasteiger partial charge in [-0.3, -0.25) is 4.79 Å². The number of hydrogen-bond acceptors (Lipinski definition) is 5. The second-order valence-corrected chi connectivity index (χ2v) is 5.97. The molecule has 1 amide bonds. The van der Waals surface area contributed by atoms with Crippen molar-refractivity contribution >= 4 is 34.7 Å². The van der Waals surface area contributed by atoms with Crippen LogP contribution in [0.25, 0.3) is 0 Å². The fourth-order valence-corrected chi connectivity index (χ4v) is 2.53. The standard InChI is InChI=1S/C16H13IN2O4/c17-11-7-10(5-6-12(11)20)8-18-19-16(21)15-9-22-13-3-1-2-4-14(13)23-15/h1-8,15,20H,9H2,(H,19,21)/b18-8-/t15-/m0/s1. The Morgan fingerprint density at radius 3 is 2.87 bits per heavy atom. The highest BCUT2D eigenvalue weighted by atomic mass is 127. The van der Waals surface area contributed by atoms with Gasteiger partial charge >= 0.3 is 0 Å². The third kappa shape index (κ3) is 3.73. The van der Waals surface area contributed by atoms with E-state index in [1.807, 2.05) is 34.7 Å². The lowest BCUT2D eigenvalue weighted by Gasteiger charge is -2.24. The lowest BCUT2D eigenvalue weighted by Crippen LogP contribution is -2.42. The van der Waals surface area contributed by atoms with Crippen molar-refractivity contribution in [3.8, 4) is 17.2 Å². The van der Waals surface area contributed by atoms with E-state index in [1.54, 1.807) is 30.3 Å². The van der Waals surface area contributed by atoms with Crippen molar-refractivity contribution in [2.75, 3.05) is 6.61 Å². The van der Waals surface area contributed by atoms with E-state index in [9.17, 15) is 9.90 Å². The summed E-state index contributed by atoms with van der Waals surface area (Å²) in [6.45, 7) is 0.134. The van der Waals surface area contributed by atoms with Crippen molar-refractivity contribution in [3.05, 3.63) is 51.6 Å². The van der Waals surface area contributed by atoms with Crippen molar-refractivity contribution in [2.45, 2.75) is 6.10 Å². The highest BCUT2D eigenvalue weighted by molar-refractivity contribution is 14.1. The minimum absolute atomic E-state index is 0.134. The Bertz CT molecular complexity index is 763. The van der Waals surface area contributed by atoms with Gasteiger partial charge < -0.3 is 14.6 Å². The average Bonchev–Trinajstić information content (AvgIpc) is 2.57. The molecule has 2 aromatic carbocycles. The van der Waals surface area contributed by atoms with Gasteiger partial charge in [-0.05, 0) is 58.5 Å². The number of rotatable bonds is 3. The first kappa shape index (κ1) is 15.6. The summed E-state index contributed by atoms with van der Waals surface area (Å²) < 4.78 is 11.8. The molecule has 0 unspecified atom stereocenters. The molecule has 23 heavy (non-hydrogen) atoms. The minimum atomic E-state index is -0.748. The molecule has 0 saturated carbocycles. The van der Waals surface area contributed by atoms with E-state index < -0.39 is 6.10 Å². The number of fused-ring (bicyclic) bond motifs is 1. The van der Waals surface area contributed by atoms with Gasteiger partial charge in [0, 0.05) is 0 Å². The molecule has 1 aliphatic heterocycles. The molecule has 118 valence electrons. The zero-order valence-corrected chi connectivity index (χ0v) is 14.1. The quantitative estimate of drug-likeness (QED) is 0.450. The van der Waals surface area contributed by atoms with E-state index in [0.29, 0.717) is 15.1 Å². The van der Waals surface area contributed by atoms with Crippen LogP contribution < -0.4 is 14.9 Å². The van der Waals surface area contributed by atoms with Crippen LogP contribution >= 0.6 is 22.6 Å². The number of hydrogen-bond donors (Lipinski definition) is 2. The molecule has 0 radical (unpaired) electrons. The molecule has 2 aromatic rings. The summed E-state index contributed by atoms with van der Waals surface area (Å²) in [6.07, 6.45) is 0.749. The highest BCUT2D eigenvalue weighted by Crippen LogP contribution is 2.30. The second kappa shape index (κ2) is 6.86.